The van der Waals surface area contributed by atoms with Crippen LogP contribution in [0.3, 0.4) is 0 Å². The third-order valence-electron chi connectivity index (χ3n) is 5.28. The zero-order valence-electron chi connectivity index (χ0n) is 14.1. The molecule has 1 atom stereocenters. The molecule has 0 saturated carbocycles. The topological polar surface area (TPSA) is 26.5 Å². The van der Waals surface area contributed by atoms with Crippen LogP contribution in [0.15, 0.2) is 60.7 Å². The minimum atomic E-state index is -0.941. The van der Waals surface area contributed by atoms with Gasteiger partial charge in [-0.1, -0.05) is 60.7 Å². The Labute approximate surface area is 143 Å². The predicted molar refractivity (Wildman–Crippen MR) is 95.8 cm³/mol. The summed E-state index contributed by atoms with van der Waals surface area (Å²) in [6, 6.07) is 20.6. The Morgan fingerprint density at radius 2 is 1.62 bits per heavy atom. The fourth-order valence-corrected chi connectivity index (χ4v) is 4.03. The lowest BCUT2D eigenvalue weighted by atomic mass is 10.00. The summed E-state index contributed by atoms with van der Waals surface area (Å²) in [6.07, 6.45) is 4.76. The third kappa shape index (κ3) is 2.73. The lowest BCUT2D eigenvalue weighted by molar-refractivity contribution is -0.534. The molecule has 0 amide bonds. The number of nitrogens with zero attached hydrogens (tertiary/aromatic N) is 2. The van der Waals surface area contributed by atoms with Crippen LogP contribution in [0.25, 0.3) is 0 Å². The molecule has 24 heavy (non-hydrogen) atoms. The van der Waals surface area contributed by atoms with Gasteiger partial charge in [0.2, 0.25) is 5.84 Å². The maximum atomic E-state index is 11.7. The first-order chi connectivity index (χ1) is 11.8. The van der Waals surface area contributed by atoms with Crippen molar-refractivity contribution in [2.45, 2.75) is 38.0 Å². The molecule has 124 valence electrons. The van der Waals surface area contributed by atoms with Crippen LogP contribution in [0.2, 0.25) is 0 Å². The van der Waals surface area contributed by atoms with Gasteiger partial charge in [0.1, 0.15) is 6.54 Å². The highest BCUT2D eigenvalue weighted by atomic mass is 16.3. The second kappa shape index (κ2) is 6.40. The number of aliphatic hydroxyl groups is 1. The van der Waals surface area contributed by atoms with E-state index in [1.807, 2.05) is 36.4 Å². The smallest absolute Gasteiger partial charge is 0.270 e. The molecule has 0 aromatic heterocycles. The van der Waals surface area contributed by atoms with E-state index < -0.39 is 5.72 Å². The van der Waals surface area contributed by atoms with Crippen molar-refractivity contribution in [1.29, 1.82) is 0 Å². The van der Waals surface area contributed by atoms with Gasteiger partial charge in [0.05, 0.1) is 6.54 Å². The van der Waals surface area contributed by atoms with Gasteiger partial charge < -0.3 is 5.11 Å². The summed E-state index contributed by atoms with van der Waals surface area (Å²) < 4.78 is 2.41. The fourth-order valence-electron chi connectivity index (χ4n) is 4.03. The number of hydrogen-bond donors (Lipinski definition) is 1. The van der Waals surface area contributed by atoms with Crippen LogP contribution in [0.5, 0.6) is 0 Å². The standard InChI is InChI=1S/C21H25N2O/c24-21(19-12-6-2-7-13-19)17-22-15-9-3-8-14-20(22)23(21)16-18-10-4-1-5-11-18/h1-2,4-7,10-13,24H,3,8-9,14-17H2/q+1. The number of rotatable bonds is 3. The van der Waals surface area contributed by atoms with Gasteiger partial charge in [0.15, 0.2) is 6.54 Å². The summed E-state index contributed by atoms with van der Waals surface area (Å²) in [5, 5.41) is 11.7. The van der Waals surface area contributed by atoms with Crippen LogP contribution in [0, 0.1) is 0 Å². The van der Waals surface area contributed by atoms with Gasteiger partial charge in [-0.25, -0.2) is 4.90 Å². The van der Waals surface area contributed by atoms with E-state index in [0.29, 0.717) is 6.54 Å². The third-order valence-corrected chi connectivity index (χ3v) is 5.28. The maximum Gasteiger partial charge on any atom is 0.270 e. The first-order valence-corrected chi connectivity index (χ1v) is 8.98. The van der Waals surface area contributed by atoms with Crippen molar-refractivity contribution in [2.24, 2.45) is 0 Å². The van der Waals surface area contributed by atoms with Crippen molar-refractivity contribution in [3.8, 4) is 0 Å². The Bertz CT molecular complexity index is 726. The van der Waals surface area contributed by atoms with Crippen LogP contribution in [0.1, 0.15) is 36.8 Å². The van der Waals surface area contributed by atoms with E-state index in [1.54, 1.807) is 0 Å². The van der Waals surface area contributed by atoms with Crippen LogP contribution >= 0.6 is 0 Å². The summed E-state index contributed by atoms with van der Waals surface area (Å²) in [7, 11) is 0. The second-order valence-electron chi connectivity index (χ2n) is 6.90. The molecular formula is C21H25N2O+. The molecule has 3 heteroatoms. The monoisotopic (exact) mass is 321 g/mol. The van der Waals surface area contributed by atoms with Gasteiger partial charge in [0.25, 0.3) is 5.72 Å². The zero-order valence-corrected chi connectivity index (χ0v) is 14.1. The van der Waals surface area contributed by atoms with Crippen molar-refractivity contribution < 1.29 is 9.68 Å². The van der Waals surface area contributed by atoms with Gasteiger partial charge in [-0.3, -0.25) is 4.58 Å². The zero-order chi connectivity index (χ0) is 16.4. The summed E-state index contributed by atoms with van der Waals surface area (Å²) in [5.41, 5.74) is 1.29. The fraction of sp³-hybridized carbons (Fsp3) is 0.381. The van der Waals surface area contributed by atoms with Crippen LogP contribution in [0.4, 0.5) is 0 Å². The van der Waals surface area contributed by atoms with E-state index >= 15 is 0 Å². The molecule has 0 aliphatic carbocycles. The highest BCUT2D eigenvalue weighted by Gasteiger charge is 2.52. The summed E-state index contributed by atoms with van der Waals surface area (Å²) in [5.74, 6) is 1.31. The summed E-state index contributed by atoms with van der Waals surface area (Å²) in [6.45, 7) is 2.47. The highest BCUT2D eigenvalue weighted by Crippen LogP contribution is 2.34. The molecule has 0 radical (unpaired) electrons. The summed E-state index contributed by atoms with van der Waals surface area (Å²) in [4.78, 5) is 2.24. The molecule has 2 aliphatic heterocycles. The quantitative estimate of drug-likeness (QED) is 0.878. The Balaban J connectivity index is 1.74. The average Bonchev–Trinajstić information content (AvgIpc) is 2.77. The van der Waals surface area contributed by atoms with E-state index in [9.17, 15) is 5.11 Å². The maximum absolute atomic E-state index is 11.7. The Kier molecular flexibility index (Phi) is 4.11. The summed E-state index contributed by atoms with van der Waals surface area (Å²) >= 11 is 0. The van der Waals surface area contributed by atoms with Gasteiger partial charge >= 0.3 is 0 Å². The lowest BCUT2D eigenvalue weighted by Crippen LogP contribution is -2.46. The van der Waals surface area contributed by atoms with Crippen LogP contribution < -0.4 is 0 Å². The molecule has 3 nitrogen and oxygen atoms in total. The van der Waals surface area contributed by atoms with E-state index in [-0.39, 0.29) is 0 Å². The van der Waals surface area contributed by atoms with Crippen molar-refractivity contribution in [1.82, 2.24) is 4.90 Å². The predicted octanol–water partition coefficient (Wildman–Crippen LogP) is 3.33. The van der Waals surface area contributed by atoms with Crippen molar-refractivity contribution in [3.63, 3.8) is 0 Å². The number of benzene rings is 2. The van der Waals surface area contributed by atoms with E-state index in [2.05, 4.69) is 33.7 Å². The van der Waals surface area contributed by atoms with Crippen molar-refractivity contribution in [3.05, 3.63) is 71.8 Å². The minimum Gasteiger partial charge on any atom is -0.346 e. The second-order valence-corrected chi connectivity index (χ2v) is 6.90. The van der Waals surface area contributed by atoms with Gasteiger partial charge in [-0.05, 0) is 24.8 Å². The molecule has 2 aromatic carbocycles. The molecule has 2 aliphatic rings. The van der Waals surface area contributed by atoms with Gasteiger partial charge in [-0.15, -0.1) is 0 Å². The van der Waals surface area contributed by atoms with Crippen LogP contribution in [-0.2, 0) is 12.3 Å². The van der Waals surface area contributed by atoms with E-state index in [0.717, 1.165) is 25.1 Å². The lowest BCUT2D eigenvalue weighted by Gasteiger charge is -2.29. The van der Waals surface area contributed by atoms with Crippen molar-refractivity contribution in [2.75, 3.05) is 13.1 Å². The number of amidine groups is 1. The molecular weight excluding hydrogens is 296 g/mol. The Hall–Kier alpha value is -2.13. The molecule has 0 fully saturated rings. The highest BCUT2D eigenvalue weighted by molar-refractivity contribution is 5.79. The van der Waals surface area contributed by atoms with Gasteiger partial charge in [-0.2, -0.15) is 0 Å². The molecule has 2 aromatic rings. The van der Waals surface area contributed by atoms with Crippen molar-refractivity contribution >= 4 is 5.84 Å². The molecule has 0 bridgehead atoms. The first-order valence-electron chi connectivity index (χ1n) is 8.98. The number of hydrogen-bond acceptors (Lipinski definition) is 2. The van der Waals surface area contributed by atoms with E-state index in [1.165, 1.54) is 30.7 Å². The Morgan fingerprint density at radius 3 is 2.38 bits per heavy atom. The Morgan fingerprint density at radius 1 is 0.917 bits per heavy atom. The normalized spacial score (nSPS) is 24.0. The molecule has 1 unspecified atom stereocenters. The molecule has 1 N–H and O–H groups in total. The SMILES string of the molecule is OC1(c2ccccc2)C[N+]2=C(CCCCC2)N1Cc1ccccc1. The van der Waals surface area contributed by atoms with E-state index in [4.69, 9.17) is 0 Å². The van der Waals surface area contributed by atoms with Gasteiger partial charge in [0, 0.05) is 12.0 Å². The first kappa shape index (κ1) is 15.4. The minimum absolute atomic E-state index is 0.666. The molecule has 0 spiro atoms. The molecule has 4 rings (SSSR count). The van der Waals surface area contributed by atoms with Crippen LogP contribution in [-0.4, -0.2) is 33.5 Å². The average molecular weight is 321 g/mol. The molecule has 0 saturated heterocycles. The molecule has 2 heterocycles. The largest absolute Gasteiger partial charge is 0.346 e.